The molecule has 1 fully saturated rings. The Morgan fingerprint density at radius 2 is 2.42 bits per heavy atom. The lowest BCUT2D eigenvalue weighted by Crippen LogP contribution is -2.24. The van der Waals surface area contributed by atoms with E-state index in [1.807, 2.05) is 16.0 Å². The fourth-order valence-electron chi connectivity index (χ4n) is 2.72. The molecule has 6 heteroatoms. The summed E-state index contributed by atoms with van der Waals surface area (Å²) in [6.45, 7) is 5.05. The highest BCUT2D eigenvalue weighted by atomic mass is 32.1. The Labute approximate surface area is 117 Å². The van der Waals surface area contributed by atoms with Crippen LogP contribution in [0.5, 0.6) is 0 Å². The Bertz CT molecular complexity index is 507. The minimum absolute atomic E-state index is 0.548. The van der Waals surface area contributed by atoms with Crippen molar-refractivity contribution in [1.29, 1.82) is 0 Å². The van der Waals surface area contributed by atoms with Crippen molar-refractivity contribution < 1.29 is 0 Å². The first kappa shape index (κ1) is 12.7. The fourth-order valence-corrected chi connectivity index (χ4v) is 3.62. The quantitative estimate of drug-likeness (QED) is 0.842. The number of aromatic nitrogens is 4. The SMILES string of the molecule is CCCn1nnnc1CN1CCCC1c1cccs1. The molecule has 0 aromatic carbocycles. The third kappa shape index (κ3) is 2.69. The molecule has 0 aliphatic carbocycles. The van der Waals surface area contributed by atoms with Crippen molar-refractivity contribution in [2.75, 3.05) is 6.54 Å². The Hall–Kier alpha value is -1.27. The second-order valence-electron chi connectivity index (χ2n) is 4.96. The monoisotopic (exact) mass is 277 g/mol. The van der Waals surface area contributed by atoms with Crippen LogP contribution in [0.3, 0.4) is 0 Å². The Morgan fingerprint density at radius 3 is 3.21 bits per heavy atom. The predicted molar refractivity (Wildman–Crippen MR) is 74.8 cm³/mol. The second kappa shape index (κ2) is 5.79. The van der Waals surface area contributed by atoms with Gasteiger partial charge < -0.3 is 0 Å². The molecule has 1 aliphatic rings. The van der Waals surface area contributed by atoms with E-state index in [-0.39, 0.29) is 0 Å². The van der Waals surface area contributed by atoms with E-state index >= 15 is 0 Å². The molecule has 0 amide bonds. The van der Waals surface area contributed by atoms with Crippen LogP contribution in [-0.4, -0.2) is 31.7 Å². The van der Waals surface area contributed by atoms with E-state index < -0.39 is 0 Å². The van der Waals surface area contributed by atoms with Gasteiger partial charge in [0.15, 0.2) is 5.82 Å². The first-order valence-electron chi connectivity index (χ1n) is 6.91. The summed E-state index contributed by atoms with van der Waals surface area (Å²) in [6.07, 6.45) is 3.57. The van der Waals surface area contributed by atoms with E-state index in [9.17, 15) is 0 Å². The molecule has 1 aliphatic heterocycles. The van der Waals surface area contributed by atoms with Crippen LogP contribution in [0.1, 0.15) is 42.9 Å². The highest BCUT2D eigenvalue weighted by Crippen LogP contribution is 2.35. The standard InChI is InChI=1S/C13H19N5S/c1-2-7-18-13(14-15-16-18)10-17-8-3-5-11(17)12-6-4-9-19-12/h4,6,9,11H,2-3,5,7-8,10H2,1H3. The van der Waals surface area contributed by atoms with Crippen LogP contribution in [-0.2, 0) is 13.1 Å². The lowest BCUT2D eigenvalue weighted by atomic mass is 10.2. The lowest BCUT2D eigenvalue weighted by Gasteiger charge is -2.22. The van der Waals surface area contributed by atoms with E-state index in [0.29, 0.717) is 6.04 Å². The first-order chi connectivity index (χ1) is 9.38. The Morgan fingerprint density at radius 1 is 1.47 bits per heavy atom. The molecule has 0 radical (unpaired) electrons. The molecule has 2 aromatic rings. The minimum Gasteiger partial charge on any atom is -0.288 e. The van der Waals surface area contributed by atoms with Gasteiger partial charge in [-0.05, 0) is 47.7 Å². The number of nitrogens with zero attached hydrogens (tertiary/aromatic N) is 5. The summed E-state index contributed by atoms with van der Waals surface area (Å²) in [4.78, 5) is 3.97. The van der Waals surface area contributed by atoms with Crippen molar-refractivity contribution in [3.05, 3.63) is 28.2 Å². The van der Waals surface area contributed by atoms with Gasteiger partial charge in [-0.2, -0.15) is 0 Å². The van der Waals surface area contributed by atoms with E-state index in [2.05, 4.69) is 44.9 Å². The smallest absolute Gasteiger partial charge is 0.165 e. The van der Waals surface area contributed by atoms with E-state index in [1.54, 1.807) is 0 Å². The molecule has 1 unspecified atom stereocenters. The topological polar surface area (TPSA) is 46.8 Å². The van der Waals surface area contributed by atoms with Crippen molar-refractivity contribution in [3.8, 4) is 0 Å². The molecule has 1 saturated heterocycles. The normalized spacial score (nSPS) is 20.2. The van der Waals surface area contributed by atoms with E-state index in [0.717, 1.165) is 31.9 Å². The average molecular weight is 277 g/mol. The fraction of sp³-hybridized carbons (Fsp3) is 0.615. The largest absolute Gasteiger partial charge is 0.288 e. The Kier molecular flexibility index (Phi) is 3.89. The van der Waals surface area contributed by atoms with E-state index in [4.69, 9.17) is 0 Å². The number of aryl methyl sites for hydroxylation is 1. The number of hydrogen-bond acceptors (Lipinski definition) is 5. The molecule has 0 saturated carbocycles. The minimum atomic E-state index is 0.548. The zero-order valence-electron chi connectivity index (χ0n) is 11.2. The molecule has 3 rings (SSSR count). The molecule has 0 bridgehead atoms. The molecular formula is C13H19N5S. The summed E-state index contributed by atoms with van der Waals surface area (Å²) in [7, 11) is 0. The molecule has 102 valence electrons. The molecule has 19 heavy (non-hydrogen) atoms. The van der Waals surface area contributed by atoms with Crippen molar-refractivity contribution >= 4 is 11.3 Å². The number of thiophene rings is 1. The van der Waals surface area contributed by atoms with Gasteiger partial charge in [-0.1, -0.05) is 13.0 Å². The summed E-state index contributed by atoms with van der Waals surface area (Å²) < 4.78 is 1.93. The maximum absolute atomic E-state index is 4.18. The first-order valence-corrected chi connectivity index (χ1v) is 7.79. The molecular weight excluding hydrogens is 258 g/mol. The van der Waals surface area contributed by atoms with Gasteiger partial charge in [0.25, 0.3) is 0 Å². The van der Waals surface area contributed by atoms with Gasteiger partial charge in [0.1, 0.15) is 0 Å². The van der Waals surface area contributed by atoms with Gasteiger partial charge in [-0.25, -0.2) is 4.68 Å². The average Bonchev–Trinajstić information content (AvgIpc) is 3.12. The molecule has 5 nitrogen and oxygen atoms in total. The van der Waals surface area contributed by atoms with E-state index in [1.165, 1.54) is 17.7 Å². The van der Waals surface area contributed by atoms with Crippen molar-refractivity contribution in [1.82, 2.24) is 25.1 Å². The van der Waals surface area contributed by atoms with Crippen LogP contribution in [0.15, 0.2) is 17.5 Å². The number of tetrazole rings is 1. The lowest BCUT2D eigenvalue weighted by molar-refractivity contribution is 0.240. The van der Waals surface area contributed by atoms with Crippen molar-refractivity contribution in [2.24, 2.45) is 0 Å². The molecule has 1 atom stereocenters. The van der Waals surface area contributed by atoms with Gasteiger partial charge in [-0.15, -0.1) is 16.4 Å². The number of rotatable bonds is 5. The maximum Gasteiger partial charge on any atom is 0.165 e. The molecule has 3 heterocycles. The molecule has 0 N–H and O–H groups in total. The zero-order valence-corrected chi connectivity index (χ0v) is 12.0. The maximum atomic E-state index is 4.18. The second-order valence-corrected chi connectivity index (χ2v) is 5.94. The summed E-state index contributed by atoms with van der Waals surface area (Å²) >= 11 is 1.85. The zero-order chi connectivity index (χ0) is 13.1. The summed E-state index contributed by atoms with van der Waals surface area (Å²) in [5.74, 6) is 0.991. The van der Waals surface area contributed by atoms with Crippen molar-refractivity contribution in [3.63, 3.8) is 0 Å². The van der Waals surface area contributed by atoms with Crippen molar-refractivity contribution in [2.45, 2.75) is 45.3 Å². The molecule has 2 aromatic heterocycles. The third-order valence-electron chi connectivity index (χ3n) is 3.62. The summed E-state index contributed by atoms with van der Waals surface area (Å²) in [6, 6.07) is 4.92. The van der Waals surface area contributed by atoms with Crippen LogP contribution in [0, 0.1) is 0 Å². The van der Waals surface area contributed by atoms with Gasteiger partial charge in [-0.3, -0.25) is 4.90 Å². The van der Waals surface area contributed by atoms with Crippen LogP contribution < -0.4 is 0 Å². The third-order valence-corrected chi connectivity index (χ3v) is 4.59. The van der Waals surface area contributed by atoms with Crippen LogP contribution in [0.25, 0.3) is 0 Å². The number of likely N-dealkylation sites (tertiary alicyclic amines) is 1. The number of hydrogen-bond donors (Lipinski definition) is 0. The summed E-state index contributed by atoms with van der Waals surface area (Å²) in [5.41, 5.74) is 0. The van der Waals surface area contributed by atoms with Gasteiger partial charge >= 0.3 is 0 Å². The van der Waals surface area contributed by atoms with Crippen LogP contribution in [0.4, 0.5) is 0 Å². The highest BCUT2D eigenvalue weighted by molar-refractivity contribution is 7.10. The van der Waals surface area contributed by atoms with Gasteiger partial charge in [0, 0.05) is 17.5 Å². The Balaban J connectivity index is 1.73. The summed E-state index contributed by atoms with van der Waals surface area (Å²) in [5, 5.41) is 14.2. The van der Waals surface area contributed by atoms with Gasteiger partial charge in [0.05, 0.1) is 6.54 Å². The van der Waals surface area contributed by atoms with Crippen LogP contribution in [0.2, 0.25) is 0 Å². The van der Waals surface area contributed by atoms with Gasteiger partial charge in [0.2, 0.25) is 0 Å². The highest BCUT2D eigenvalue weighted by Gasteiger charge is 2.27. The predicted octanol–water partition coefficient (Wildman–Crippen LogP) is 2.48. The van der Waals surface area contributed by atoms with Crippen LogP contribution >= 0.6 is 11.3 Å². The molecule has 0 spiro atoms.